The largest absolute Gasteiger partial charge is 0.481 e. The Morgan fingerprint density at radius 1 is 1.08 bits per heavy atom. The average molecular weight is 343 g/mol. The molecule has 1 aromatic heterocycles. The van der Waals surface area contributed by atoms with Crippen LogP contribution >= 0.6 is 0 Å². The Morgan fingerprint density at radius 2 is 1.84 bits per heavy atom. The minimum Gasteiger partial charge on any atom is -0.481 e. The quantitative estimate of drug-likeness (QED) is 0.682. The molecule has 5 heteroatoms. The van der Waals surface area contributed by atoms with Crippen molar-refractivity contribution in [1.29, 1.82) is 0 Å². The molecule has 1 amide bonds. The highest BCUT2D eigenvalue weighted by Gasteiger charge is 2.16. The van der Waals surface area contributed by atoms with E-state index in [4.69, 9.17) is 9.52 Å². The second kappa shape index (κ2) is 8.19. The van der Waals surface area contributed by atoms with Gasteiger partial charge in [-0.2, -0.15) is 0 Å². The topological polar surface area (TPSA) is 79.5 Å². The van der Waals surface area contributed by atoms with Crippen molar-refractivity contribution in [3.63, 3.8) is 0 Å². The standard InChI is InChI=1S/C20H25NO4/c22-19(21-9-4-2-1-3-8-20(23)24)12-16-13-25-18-11-15-7-5-6-14(15)10-17(16)18/h10-11,13H,1-9,12H2,(H,21,22)(H,23,24). The molecule has 0 bridgehead atoms. The van der Waals surface area contributed by atoms with Crippen LogP contribution in [0.1, 0.15) is 55.2 Å². The van der Waals surface area contributed by atoms with Gasteiger partial charge in [-0.15, -0.1) is 0 Å². The van der Waals surface area contributed by atoms with Crippen molar-refractivity contribution in [3.8, 4) is 0 Å². The first-order valence-corrected chi connectivity index (χ1v) is 9.14. The molecule has 0 unspecified atom stereocenters. The van der Waals surface area contributed by atoms with Crippen molar-refractivity contribution in [3.05, 3.63) is 35.1 Å². The summed E-state index contributed by atoms with van der Waals surface area (Å²) in [6.45, 7) is 0.636. The zero-order chi connectivity index (χ0) is 17.6. The lowest BCUT2D eigenvalue weighted by Gasteiger charge is -2.05. The van der Waals surface area contributed by atoms with Gasteiger partial charge in [-0.05, 0) is 55.4 Å². The summed E-state index contributed by atoms with van der Waals surface area (Å²) >= 11 is 0. The number of carbonyl (C=O) groups excluding carboxylic acids is 1. The minimum atomic E-state index is -0.744. The fourth-order valence-corrected chi connectivity index (χ4v) is 3.50. The van der Waals surface area contributed by atoms with Gasteiger partial charge in [-0.3, -0.25) is 9.59 Å². The van der Waals surface area contributed by atoms with E-state index in [2.05, 4.69) is 17.4 Å². The molecule has 134 valence electrons. The van der Waals surface area contributed by atoms with Crippen molar-refractivity contribution in [1.82, 2.24) is 5.32 Å². The van der Waals surface area contributed by atoms with Gasteiger partial charge >= 0.3 is 5.97 Å². The number of fused-ring (bicyclic) bond motifs is 2. The Morgan fingerprint density at radius 3 is 2.64 bits per heavy atom. The van der Waals surface area contributed by atoms with Gasteiger partial charge < -0.3 is 14.8 Å². The monoisotopic (exact) mass is 343 g/mol. The third kappa shape index (κ3) is 4.62. The Balaban J connectivity index is 1.44. The molecule has 25 heavy (non-hydrogen) atoms. The lowest BCUT2D eigenvalue weighted by atomic mass is 10.0. The van der Waals surface area contributed by atoms with Crippen LogP contribution in [0.2, 0.25) is 0 Å². The molecule has 1 aliphatic rings. The second-order valence-corrected chi connectivity index (χ2v) is 6.82. The summed E-state index contributed by atoms with van der Waals surface area (Å²) in [6, 6.07) is 4.31. The summed E-state index contributed by atoms with van der Waals surface area (Å²) in [7, 11) is 0. The summed E-state index contributed by atoms with van der Waals surface area (Å²) < 4.78 is 5.64. The molecule has 0 atom stereocenters. The fraction of sp³-hybridized carbons (Fsp3) is 0.500. The van der Waals surface area contributed by atoms with Crippen molar-refractivity contribution < 1.29 is 19.1 Å². The van der Waals surface area contributed by atoms with Crippen LogP contribution in [0, 0.1) is 0 Å². The molecule has 0 aliphatic heterocycles. The second-order valence-electron chi connectivity index (χ2n) is 6.82. The van der Waals surface area contributed by atoms with E-state index < -0.39 is 5.97 Å². The first kappa shape index (κ1) is 17.5. The van der Waals surface area contributed by atoms with E-state index in [9.17, 15) is 9.59 Å². The van der Waals surface area contributed by atoms with Gasteiger partial charge in [0.1, 0.15) is 5.58 Å². The van der Waals surface area contributed by atoms with Crippen LogP contribution in [0.5, 0.6) is 0 Å². The van der Waals surface area contributed by atoms with Crippen LogP contribution in [0.25, 0.3) is 11.0 Å². The van der Waals surface area contributed by atoms with E-state index in [1.54, 1.807) is 6.26 Å². The van der Waals surface area contributed by atoms with Crippen LogP contribution in [0.3, 0.4) is 0 Å². The molecule has 0 radical (unpaired) electrons. The van der Waals surface area contributed by atoms with Gasteiger partial charge in [0.15, 0.2) is 0 Å². The van der Waals surface area contributed by atoms with Gasteiger partial charge in [-0.25, -0.2) is 0 Å². The highest BCUT2D eigenvalue weighted by molar-refractivity contribution is 5.88. The van der Waals surface area contributed by atoms with E-state index in [-0.39, 0.29) is 12.3 Å². The number of carbonyl (C=O) groups is 2. The highest BCUT2D eigenvalue weighted by Crippen LogP contribution is 2.30. The first-order valence-electron chi connectivity index (χ1n) is 9.14. The third-order valence-corrected chi connectivity index (χ3v) is 4.86. The van der Waals surface area contributed by atoms with E-state index >= 15 is 0 Å². The summed E-state index contributed by atoms with van der Waals surface area (Å²) in [6.07, 6.45) is 9.11. The van der Waals surface area contributed by atoms with Gasteiger partial charge in [0.25, 0.3) is 0 Å². The van der Waals surface area contributed by atoms with Crippen LogP contribution in [0.15, 0.2) is 22.8 Å². The van der Waals surface area contributed by atoms with Gasteiger partial charge in [-0.1, -0.05) is 12.8 Å². The van der Waals surface area contributed by atoms with E-state index in [0.29, 0.717) is 19.4 Å². The number of furan rings is 1. The van der Waals surface area contributed by atoms with Gasteiger partial charge in [0.2, 0.25) is 5.91 Å². The van der Waals surface area contributed by atoms with E-state index in [0.717, 1.165) is 48.6 Å². The Hall–Kier alpha value is -2.30. The Kier molecular flexibility index (Phi) is 5.74. The van der Waals surface area contributed by atoms with Crippen LogP contribution in [0.4, 0.5) is 0 Å². The molecule has 3 rings (SSSR count). The van der Waals surface area contributed by atoms with E-state index in [1.807, 2.05) is 0 Å². The highest BCUT2D eigenvalue weighted by atomic mass is 16.4. The number of carboxylic acid groups (broad SMARTS) is 1. The summed E-state index contributed by atoms with van der Waals surface area (Å²) in [5, 5.41) is 12.6. The normalized spacial score (nSPS) is 13.1. The van der Waals surface area contributed by atoms with Crippen LogP contribution < -0.4 is 5.32 Å². The molecule has 1 heterocycles. The first-order chi connectivity index (χ1) is 12.1. The zero-order valence-electron chi connectivity index (χ0n) is 14.5. The number of aliphatic carboxylic acids is 1. The molecule has 5 nitrogen and oxygen atoms in total. The molecule has 0 saturated heterocycles. The number of nitrogens with one attached hydrogen (secondary N) is 1. The molecule has 0 saturated carbocycles. The Labute approximate surface area is 147 Å². The van der Waals surface area contributed by atoms with Crippen molar-refractivity contribution in [2.24, 2.45) is 0 Å². The molecule has 2 aromatic rings. The number of benzene rings is 1. The number of unbranched alkanes of at least 4 members (excludes halogenated alkanes) is 3. The number of hydrogen-bond acceptors (Lipinski definition) is 3. The number of amides is 1. The van der Waals surface area contributed by atoms with Crippen molar-refractivity contribution in [2.75, 3.05) is 6.54 Å². The lowest BCUT2D eigenvalue weighted by Crippen LogP contribution is -2.26. The Bertz CT molecular complexity index is 762. The van der Waals surface area contributed by atoms with Crippen LogP contribution in [-0.4, -0.2) is 23.5 Å². The molecule has 1 aromatic carbocycles. The van der Waals surface area contributed by atoms with Crippen LogP contribution in [-0.2, 0) is 28.9 Å². The SMILES string of the molecule is O=C(O)CCCCCCNC(=O)Cc1coc2cc3c(cc12)CCC3. The fourth-order valence-electron chi connectivity index (χ4n) is 3.50. The molecule has 2 N–H and O–H groups in total. The summed E-state index contributed by atoms with van der Waals surface area (Å²) in [5.41, 5.74) is 4.59. The van der Waals surface area contributed by atoms with Crippen molar-refractivity contribution >= 4 is 22.8 Å². The minimum absolute atomic E-state index is 0.00809. The third-order valence-electron chi connectivity index (χ3n) is 4.86. The van der Waals surface area contributed by atoms with Crippen molar-refractivity contribution in [2.45, 2.75) is 57.8 Å². The van der Waals surface area contributed by atoms with Gasteiger partial charge in [0.05, 0.1) is 12.7 Å². The number of aryl methyl sites for hydroxylation is 2. The summed E-state index contributed by atoms with van der Waals surface area (Å²) in [4.78, 5) is 22.6. The molecule has 0 fully saturated rings. The molecular formula is C20H25NO4. The maximum Gasteiger partial charge on any atom is 0.303 e. The predicted octanol–water partition coefficient (Wildman–Crippen LogP) is 3.62. The maximum absolute atomic E-state index is 12.1. The molecule has 0 spiro atoms. The van der Waals surface area contributed by atoms with E-state index in [1.165, 1.54) is 17.5 Å². The number of hydrogen-bond donors (Lipinski definition) is 2. The maximum atomic E-state index is 12.1. The number of carboxylic acids is 1. The smallest absolute Gasteiger partial charge is 0.303 e. The number of rotatable bonds is 9. The average Bonchev–Trinajstić information content (AvgIpc) is 3.18. The predicted molar refractivity (Wildman–Crippen MR) is 95.7 cm³/mol. The summed E-state index contributed by atoms with van der Waals surface area (Å²) in [5.74, 6) is -0.736. The molecule has 1 aliphatic carbocycles. The zero-order valence-corrected chi connectivity index (χ0v) is 14.5. The lowest BCUT2D eigenvalue weighted by molar-refractivity contribution is -0.137. The molecular weight excluding hydrogens is 318 g/mol. The van der Waals surface area contributed by atoms with Gasteiger partial charge in [0, 0.05) is 23.9 Å².